The van der Waals surface area contributed by atoms with E-state index in [1.54, 1.807) is 24.3 Å². The van der Waals surface area contributed by atoms with E-state index in [1.807, 2.05) is 0 Å². The molecule has 8 N–H and O–H groups in total. The van der Waals surface area contributed by atoms with Gasteiger partial charge in [-0.05, 0) is 12.1 Å². The lowest BCUT2D eigenvalue weighted by molar-refractivity contribution is -0.298. The highest BCUT2D eigenvalue weighted by molar-refractivity contribution is 5.50. The quantitative estimate of drug-likeness (QED) is 0.173. The Bertz CT molecular complexity index is 884. The lowest BCUT2D eigenvalue weighted by Crippen LogP contribution is -2.59. The number of hydrogen-bond acceptors (Lipinski definition) is 12. The summed E-state index contributed by atoms with van der Waals surface area (Å²) < 4.78 is 21.2. The van der Waals surface area contributed by atoms with Crippen LogP contribution in [0.15, 0.2) is 24.3 Å². The summed E-state index contributed by atoms with van der Waals surface area (Å²) in [6.45, 7) is -1.51. The van der Waals surface area contributed by atoms with E-state index < -0.39 is 74.6 Å². The zero-order valence-corrected chi connectivity index (χ0v) is 19.1. The van der Waals surface area contributed by atoms with Crippen molar-refractivity contribution in [3.63, 3.8) is 0 Å². The van der Waals surface area contributed by atoms with Crippen molar-refractivity contribution in [1.29, 1.82) is 0 Å². The minimum absolute atomic E-state index is 0.190. The van der Waals surface area contributed by atoms with Gasteiger partial charge in [0.15, 0.2) is 12.6 Å². The number of aliphatic hydroxyl groups excluding tert-OH is 8. The van der Waals surface area contributed by atoms with Gasteiger partial charge >= 0.3 is 0 Å². The van der Waals surface area contributed by atoms with Crippen molar-refractivity contribution >= 4 is 0 Å². The Morgan fingerprint density at radius 2 is 1.00 bits per heavy atom. The molecule has 198 valence electrons. The third-order valence-corrected chi connectivity index (χ3v) is 5.71. The van der Waals surface area contributed by atoms with Gasteiger partial charge in [0.05, 0.1) is 13.2 Å². The van der Waals surface area contributed by atoms with E-state index in [1.165, 1.54) is 0 Å². The topological polar surface area (TPSA) is 199 Å². The van der Waals surface area contributed by atoms with Crippen LogP contribution >= 0.6 is 0 Å². The Kier molecular flexibility index (Phi) is 10.6. The van der Waals surface area contributed by atoms with Crippen molar-refractivity contribution < 1.29 is 59.8 Å². The van der Waals surface area contributed by atoms with E-state index in [0.29, 0.717) is 11.1 Å². The Balaban J connectivity index is 1.56. The predicted octanol–water partition coefficient (Wildman–Crippen LogP) is -3.98. The van der Waals surface area contributed by atoms with Crippen molar-refractivity contribution in [1.82, 2.24) is 0 Å². The number of hydrogen-bond donors (Lipinski definition) is 8. The molecule has 2 heterocycles. The van der Waals surface area contributed by atoms with Crippen LogP contribution in [-0.4, -0.2) is 129 Å². The zero-order chi connectivity index (χ0) is 26.2. The lowest BCUT2D eigenvalue weighted by atomic mass is 9.99. The summed E-state index contributed by atoms with van der Waals surface area (Å²) in [5.74, 6) is 11.2. The first kappa shape index (κ1) is 28.4. The van der Waals surface area contributed by atoms with Gasteiger partial charge in [0.2, 0.25) is 0 Å². The molecule has 36 heavy (non-hydrogen) atoms. The van der Waals surface area contributed by atoms with Crippen LogP contribution in [0.2, 0.25) is 0 Å². The van der Waals surface area contributed by atoms with Gasteiger partial charge < -0.3 is 59.8 Å². The van der Waals surface area contributed by atoms with Crippen LogP contribution < -0.4 is 0 Å². The van der Waals surface area contributed by atoms with Crippen molar-refractivity contribution in [3.05, 3.63) is 35.4 Å². The first-order chi connectivity index (χ1) is 17.3. The standard InChI is InChI=1S/C24H30O12/c25-11-15-17(27)19(29)21(31)23(35-15)33-9-3-7-13-5-1-2-6-14(13)8-4-10-34-24-22(32)20(30)18(28)16(12-26)36-24/h1-2,5-6,15-32H,9-12H2/t15-,16-,17-,18-,19+,20+,21+,22+,23+,24+/m1/s1. The van der Waals surface area contributed by atoms with Crippen LogP contribution in [0.3, 0.4) is 0 Å². The Hall–Kier alpha value is -2.14. The van der Waals surface area contributed by atoms with E-state index in [2.05, 4.69) is 23.7 Å². The van der Waals surface area contributed by atoms with E-state index in [-0.39, 0.29) is 13.2 Å². The summed E-state index contributed by atoms with van der Waals surface area (Å²) in [6, 6.07) is 6.92. The monoisotopic (exact) mass is 510 g/mol. The van der Waals surface area contributed by atoms with Gasteiger partial charge in [-0.1, -0.05) is 35.8 Å². The maximum absolute atomic E-state index is 9.99. The minimum atomic E-state index is -1.55. The second kappa shape index (κ2) is 13.4. The normalized spacial score (nSPS) is 36.3. The average molecular weight is 510 g/mol. The Morgan fingerprint density at radius 3 is 1.36 bits per heavy atom. The third-order valence-electron chi connectivity index (χ3n) is 5.71. The van der Waals surface area contributed by atoms with Crippen molar-refractivity contribution in [2.24, 2.45) is 0 Å². The van der Waals surface area contributed by atoms with Crippen LogP contribution in [0.25, 0.3) is 0 Å². The molecule has 0 aliphatic carbocycles. The van der Waals surface area contributed by atoms with Crippen molar-refractivity contribution in [2.45, 2.75) is 61.4 Å². The van der Waals surface area contributed by atoms with Crippen LogP contribution in [0.4, 0.5) is 0 Å². The molecule has 12 nitrogen and oxygen atoms in total. The molecular formula is C24H30O12. The highest BCUT2D eigenvalue weighted by Crippen LogP contribution is 2.22. The Labute approximate surface area is 207 Å². The van der Waals surface area contributed by atoms with E-state index in [9.17, 15) is 40.9 Å². The predicted molar refractivity (Wildman–Crippen MR) is 120 cm³/mol. The molecule has 1 aromatic carbocycles. The zero-order valence-electron chi connectivity index (χ0n) is 19.1. The largest absolute Gasteiger partial charge is 0.394 e. The maximum atomic E-state index is 9.99. The van der Waals surface area contributed by atoms with Crippen LogP contribution in [-0.2, 0) is 18.9 Å². The minimum Gasteiger partial charge on any atom is -0.394 e. The fraction of sp³-hybridized carbons (Fsp3) is 0.583. The summed E-state index contributed by atoms with van der Waals surface area (Å²) in [5, 5.41) is 77.6. The molecule has 1 aromatic rings. The van der Waals surface area contributed by atoms with E-state index >= 15 is 0 Å². The van der Waals surface area contributed by atoms with Crippen molar-refractivity contribution in [3.8, 4) is 23.7 Å². The molecular weight excluding hydrogens is 480 g/mol. The summed E-state index contributed by atoms with van der Waals surface area (Å²) in [4.78, 5) is 0. The van der Waals surface area contributed by atoms with Gasteiger partial charge in [0.25, 0.3) is 0 Å². The third kappa shape index (κ3) is 6.79. The fourth-order valence-corrected chi connectivity index (χ4v) is 3.62. The van der Waals surface area contributed by atoms with Gasteiger partial charge in [0.1, 0.15) is 62.0 Å². The van der Waals surface area contributed by atoms with E-state index in [4.69, 9.17) is 18.9 Å². The average Bonchev–Trinajstić information content (AvgIpc) is 2.89. The van der Waals surface area contributed by atoms with Crippen LogP contribution in [0, 0.1) is 23.7 Å². The molecule has 0 amide bonds. The number of aliphatic hydroxyl groups is 8. The highest BCUT2D eigenvalue weighted by atomic mass is 16.7. The molecule has 2 aliphatic heterocycles. The summed E-state index contributed by atoms with van der Waals surface area (Å²) in [6.07, 6.45) is -13.8. The molecule has 2 saturated heterocycles. The molecule has 2 aliphatic rings. The highest BCUT2D eigenvalue weighted by Gasteiger charge is 2.44. The molecule has 0 unspecified atom stereocenters. The van der Waals surface area contributed by atoms with Crippen LogP contribution in [0.1, 0.15) is 11.1 Å². The molecule has 2 fully saturated rings. The summed E-state index contributed by atoms with van der Waals surface area (Å²) >= 11 is 0. The van der Waals surface area contributed by atoms with E-state index in [0.717, 1.165) is 0 Å². The second-order valence-electron chi connectivity index (χ2n) is 8.17. The second-order valence-corrected chi connectivity index (χ2v) is 8.17. The Morgan fingerprint density at radius 1 is 0.611 bits per heavy atom. The lowest BCUT2D eigenvalue weighted by Gasteiger charge is -2.39. The van der Waals surface area contributed by atoms with Gasteiger partial charge in [-0.3, -0.25) is 0 Å². The van der Waals surface area contributed by atoms with Gasteiger partial charge in [-0.15, -0.1) is 0 Å². The molecule has 10 atom stereocenters. The molecule has 0 radical (unpaired) electrons. The molecule has 3 rings (SSSR count). The first-order valence-electron chi connectivity index (χ1n) is 11.2. The van der Waals surface area contributed by atoms with Gasteiger partial charge in [-0.2, -0.15) is 0 Å². The van der Waals surface area contributed by atoms with Gasteiger partial charge in [-0.25, -0.2) is 0 Å². The molecule has 0 bridgehead atoms. The molecule has 0 aromatic heterocycles. The number of rotatable bonds is 6. The fourth-order valence-electron chi connectivity index (χ4n) is 3.62. The molecule has 0 saturated carbocycles. The first-order valence-corrected chi connectivity index (χ1v) is 11.2. The SMILES string of the molecule is OC[C@H]1O[C@H](OCC#Cc2ccccc2C#CCO[C@H]2O[C@H](CO)[C@@H](O)[C@H](O)[C@@H]2O)[C@@H](O)[C@@H](O)[C@@H]1O. The molecule has 12 heteroatoms. The summed E-state index contributed by atoms with van der Waals surface area (Å²) in [7, 11) is 0. The van der Waals surface area contributed by atoms with Crippen molar-refractivity contribution in [2.75, 3.05) is 26.4 Å². The van der Waals surface area contributed by atoms with Gasteiger partial charge in [0, 0.05) is 11.1 Å². The van der Waals surface area contributed by atoms with Crippen LogP contribution in [0.5, 0.6) is 0 Å². The molecule has 0 spiro atoms. The maximum Gasteiger partial charge on any atom is 0.187 e. The smallest absolute Gasteiger partial charge is 0.187 e. The number of ether oxygens (including phenoxy) is 4. The summed E-state index contributed by atoms with van der Waals surface area (Å²) in [5.41, 5.74) is 1.10. The number of benzene rings is 1.